The molecule has 2 aliphatic rings. The lowest BCUT2D eigenvalue weighted by Gasteiger charge is -2.28. The van der Waals surface area contributed by atoms with Crippen molar-refractivity contribution in [2.75, 3.05) is 25.9 Å². The van der Waals surface area contributed by atoms with E-state index in [-0.39, 0.29) is 5.04 Å². The molecule has 0 radical (unpaired) electrons. The highest BCUT2D eigenvalue weighted by atomic mass is 32.2. The molecule has 1 N–H and O–H groups in total. The zero-order chi connectivity index (χ0) is 10.1. The van der Waals surface area contributed by atoms with Gasteiger partial charge < -0.3 is 10.0 Å². The van der Waals surface area contributed by atoms with Crippen LogP contribution in [0.4, 0.5) is 0 Å². The van der Waals surface area contributed by atoms with E-state index in [1.54, 1.807) is 0 Å². The Morgan fingerprint density at radius 2 is 2.43 bits per heavy atom. The molecule has 0 unspecified atom stereocenters. The van der Waals surface area contributed by atoms with Gasteiger partial charge in [-0.15, -0.1) is 0 Å². The van der Waals surface area contributed by atoms with Gasteiger partial charge in [0.25, 0.3) is 0 Å². The van der Waals surface area contributed by atoms with E-state index >= 15 is 0 Å². The Balaban J connectivity index is 2.23. The smallest absolute Gasteiger partial charge is 0.361 e. The predicted molar refractivity (Wildman–Crippen MR) is 56.7 cm³/mol. The monoisotopic (exact) mass is 212 g/mol. The van der Waals surface area contributed by atoms with Gasteiger partial charge in [-0.1, -0.05) is 11.8 Å². The van der Waals surface area contributed by atoms with Gasteiger partial charge in [-0.05, 0) is 12.6 Å². The van der Waals surface area contributed by atoms with E-state index < -0.39 is 5.97 Å². The summed E-state index contributed by atoms with van der Waals surface area (Å²) in [5.41, 5.74) is 2.29. The van der Waals surface area contributed by atoms with E-state index in [1.807, 2.05) is 0 Å². The van der Waals surface area contributed by atoms with Gasteiger partial charge in [-0.3, -0.25) is 0 Å². The Bertz CT molecular complexity index is 336. The van der Waals surface area contributed by atoms with Crippen LogP contribution in [0.3, 0.4) is 0 Å². The van der Waals surface area contributed by atoms with Gasteiger partial charge >= 0.3 is 5.97 Å². The number of hydrogen-bond donors (Lipinski definition) is 1. The minimum absolute atomic E-state index is 0.244. The standard InChI is InChI=1S/C9H12N2O2S/c1-11-3-2-7-6(4-11)5-14-8(10-7)9(12)13/h2-5H2,1H3,(H,12,13). The molecular weight excluding hydrogens is 200 g/mol. The Labute approximate surface area is 86.7 Å². The second kappa shape index (κ2) is 3.74. The van der Waals surface area contributed by atoms with E-state index in [4.69, 9.17) is 5.11 Å². The Morgan fingerprint density at radius 3 is 3.14 bits per heavy atom. The molecule has 0 aliphatic carbocycles. The number of carboxylic acid groups (broad SMARTS) is 1. The van der Waals surface area contributed by atoms with Gasteiger partial charge in [0.2, 0.25) is 0 Å². The number of hydrogen-bond acceptors (Lipinski definition) is 4. The van der Waals surface area contributed by atoms with Crippen molar-refractivity contribution in [3.8, 4) is 0 Å². The molecule has 0 spiro atoms. The minimum atomic E-state index is -0.902. The average molecular weight is 212 g/mol. The third-order valence-electron chi connectivity index (χ3n) is 2.40. The zero-order valence-corrected chi connectivity index (χ0v) is 8.80. The fraction of sp³-hybridized carbons (Fsp3) is 0.556. The molecule has 0 aromatic carbocycles. The maximum absolute atomic E-state index is 10.7. The van der Waals surface area contributed by atoms with Crippen molar-refractivity contribution in [3.05, 3.63) is 11.3 Å². The van der Waals surface area contributed by atoms with Crippen molar-refractivity contribution in [1.29, 1.82) is 0 Å². The first-order valence-electron chi connectivity index (χ1n) is 4.51. The van der Waals surface area contributed by atoms with E-state index in [0.29, 0.717) is 0 Å². The van der Waals surface area contributed by atoms with Gasteiger partial charge in [0.05, 0.1) is 0 Å². The molecule has 0 atom stereocenters. The van der Waals surface area contributed by atoms with Crippen LogP contribution in [0.5, 0.6) is 0 Å². The molecule has 14 heavy (non-hydrogen) atoms. The van der Waals surface area contributed by atoms with Crippen molar-refractivity contribution in [2.45, 2.75) is 6.42 Å². The summed E-state index contributed by atoms with van der Waals surface area (Å²) >= 11 is 1.32. The lowest BCUT2D eigenvalue weighted by atomic mass is 10.1. The molecule has 4 nitrogen and oxygen atoms in total. The molecule has 0 saturated heterocycles. The number of aliphatic carboxylic acids is 1. The molecular formula is C9H12N2O2S. The number of carbonyl (C=O) groups is 1. The second-order valence-electron chi connectivity index (χ2n) is 3.55. The van der Waals surface area contributed by atoms with Crippen LogP contribution in [0.15, 0.2) is 16.3 Å². The maximum atomic E-state index is 10.7. The first-order chi connectivity index (χ1) is 6.66. The quantitative estimate of drug-likeness (QED) is 0.698. The molecule has 0 aromatic heterocycles. The van der Waals surface area contributed by atoms with Crippen molar-refractivity contribution in [2.24, 2.45) is 4.99 Å². The van der Waals surface area contributed by atoms with Crippen molar-refractivity contribution >= 4 is 22.8 Å². The minimum Gasteiger partial charge on any atom is -0.476 e. The summed E-state index contributed by atoms with van der Waals surface area (Å²) < 4.78 is 0. The second-order valence-corrected chi connectivity index (χ2v) is 4.51. The molecule has 5 heteroatoms. The number of carboxylic acids is 1. The number of aliphatic imine (C=N–C) groups is 1. The van der Waals surface area contributed by atoms with Crippen LogP contribution in [-0.4, -0.2) is 46.9 Å². The zero-order valence-electron chi connectivity index (χ0n) is 7.99. The number of rotatable bonds is 1. The van der Waals surface area contributed by atoms with E-state index in [1.165, 1.54) is 17.3 Å². The largest absolute Gasteiger partial charge is 0.476 e. The number of thioether (sulfide) groups is 1. The lowest BCUT2D eigenvalue weighted by molar-refractivity contribution is -0.129. The van der Waals surface area contributed by atoms with Crippen LogP contribution in [0.2, 0.25) is 0 Å². The molecule has 2 heterocycles. The summed E-state index contributed by atoms with van der Waals surface area (Å²) in [7, 11) is 2.07. The normalized spacial score (nSPS) is 23.1. The van der Waals surface area contributed by atoms with Crippen LogP contribution in [-0.2, 0) is 4.79 Å². The van der Waals surface area contributed by atoms with Crippen LogP contribution in [0.1, 0.15) is 6.42 Å². The first kappa shape index (κ1) is 9.73. The van der Waals surface area contributed by atoms with Gasteiger partial charge in [-0.2, -0.15) is 0 Å². The summed E-state index contributed by atoms with van der Waals surface area (Å²) in [6.45, 7) is 1.90. The average Bonchev–Trinajstić information content (AvgIpc) is 2.16. The summed E-state index contributed by atoms with van der Waals surface area (Å²) in [5.74, 6) is -0.120. The molecule has 2 aliphatic heterocycles. The highest BCUT2D eigenvalue weighted by Gasteiger charge is 2.23. The van der Waals surface area contributed by atoms with E-state index in [2.05, 4.69) is 16.9 Å². The van der Waals surface area contributed by atoms with Crippen LogP contribution in [0.25, 0.3) is 0 Å². The summed E-state index contributed by atoms with van der Waals surface area (Å²) in [4.78, 5) is 17.1. The van der Waals surface area contributed by atoms with E-state index in [0.717, 1.165) is 31.0 Å². The molecule has 0 aromatic rings. The summed E-state index contributed by atoms with van der Waals surface area (Å²) in [6, 6.07) is 0. The first-order valence-corrected chi connectivity index (χ1v) is 5.49. The van der Waals surface area contributed by atoms with Crippen LogP contribution >= 0.6 is 11.8 Å². The highest BCUT2D eigenvalue weighted by molar-refractivity contribution is 8.15. The van der Waals surface area contributed by atoms with Crippen molar-refractivity contribution < 1.29 is 9.90 Å². The number of likely N-dealkylation sites (N-methyl/N-ethyl adjacent to an activating group) is 1. The molecule has 0 fully saturated rings. The molecule has 0 bridgehead atoms. The SMILES string of the molecule is CN1CCC2=C(CSC(C(=O)O)=N2)C1. The van der Waals surface area contributed by atoms with Crippen LogP contribution in [0, 0.1) is 0 Å². The molecule has 0 saturated carbocycles. The van der Waals surface area contributed by atoms with Gasteiger partial charge in [0.1, 0.15) is 0 Å². The fourth-order valence-corrected chi connectivity index (χ4v) is 2.52. The third-order valence-corrected chi connectivity index (χ3v) is 3.43. The van der Waals surface area contributed by atoms with Crippen LogP contribution < -0.4 is 0 Å². The van der Waals surface area contributed by atoms with Gasteiger partial charge in [0.15, 0.2) is 5.04 Å². The molecule has 2 rings (SSSR count). The topological polar surface area (TPSA) is 52.9 Å². The molecule has 76 valence electrons. The van der Waals surface area contributed by atoms with Gasteiger partial charge in [0, 0.05) is 31.0 Å². The Morgan fingerprint density at radius 1 is 1.64 bits per heavy atom. The fourth-order valence-electron chi connectivity index (χ4n) is 1.65. The van der Waals surface area contributed by atoms with E-state index in [9.17, 15) is 4.79 Å². The maximum Gasteiger partial charge on any atom is 0.361 e. The molecule has 0 amide bonds. The Hall–Kier alpha value is -0.810. The Kier molecular flexibility index (Phi) is 2.60. The summed E-state index contributed by atoms with van der Waals surface area (Å²) in [5, 5.41) is 9.04. The predicted octanol–water partition coefficient (Wildman–Crippen LogP) is 0.806. The number of nitrogens with zero attached hydrogens (tertiary/aromatic N) is 2. The summed E-state index contributed by atoms with van der Waals surface area (Å²) in [6.07, 6.45) is 0.878. The van der Waals surface area contributed by atoms with Crippen molar-refractivity contribution in [1.82, 2.24) is 4.90 Å². The van der Waals surface area contributed by atoms with Gasteiger partial charge in [-0.25, -0.2) is 9.79 Å². The van der Waals surface area contributed by atoms with Crippen molar-refractivity contribution in [3.63, 3.8) is 0 Å². The highest BCUT2D eigenvalue weighted by Crippen LogP contribution is 2.27. The third kappa shape index (κ3) is 1.83. The lowest BCUT2D eigenvalue weighted by Crippen LogP contribution is -2.30.